The molecule has 0 aliphatic heterocycles. The number of allylic oxidation sites excluding steroid dienone is 1. The van der Waals surface area contributed by atoms with Crippen LogP contribution in [0.2, 0.25) is 15.1 Å². The van der Waals surface area contributed by atoms with Crippen LogP contribution < -0.4 is 10.6 Å². The molecule has 2 atom stereocenters. The smallest absolute Gasteiger partial charge is 0.336 e. The van der Waals surface area contributed by atoms with Crippen molar-refractivity contribution in [3.05, 3.63) is 73.7 Å². The van der Waals surface area contributed by atoms with Crippen molar-refractivity contribution in [1.29, 1.82) is 0 Å². The molecule has 2 amide bonds. The zero-order chi connectivity index (χ0) is 31.5. The summed E-state index contributed by atoms with van der Waals surface area (Å²) in [5.41, 5.74) is -3.85. The first-order chi connectivity index (χ1) is 18.7. The van der Waals surface area contributed by atoms with E-state index >= 15 is 4.39 Å². The number of amides is 2. The van der Waals surface area contributed by atoms with Crippen molar-refractivity contribution in [2.24, 2.45) is 0 Å². The highest BCUT2D eigenvalue weighted by atomic mass is 35.5. The fraction of sp³-hybridized carbons (Fsp3) is 0.360. The first-order valence-electron chi connectivity index (χ1n) is 11.4. The monoisotopic (exact) mass is 656 g/mol. The molecule has 0 spiro atoms. The number of carbonyl (C=O) groups excluding carboxylic acids is 2. The molecule has 226 valence electrons. The molecule has 2 aromatic carbocycles. The molecule has 0 saturated heterocycles. The van der Waals surface area contributed by atoms with Crippen molar-refractivity contribution in [3.8, 4) is 0 Å². The number of halogens is 12. The maximum absolute atomic E-state index is 15.2. The molecule has 0 aliphatic carbocycles. The van der Waals surface area contributed by atoms with E-state index in [0.717, 1.165) is 26.0 Å². The maximum Gasteiger partial charge on any atom is 0.417 e. The molecule has 2 rings (SSSR count). The van der Waals surface area contributed by atoms with Gasteiger partial charge in [0.1, 0.15) is 12.2 Å². The van der Waals surface area contributed by atoms with Crippen LogP contribution in [-0.2, 0) is 11.0 Å². The Balaban J connectivity index is 2.47. The van der Waals surface area contributed by atoms with Gasteiger partial charge in [-0.05, 0) is 42.8 Å². The lowest BCUT2D eigenvalue weighted by Gasteiger charge is -2.25. The van der Waals surface area contributed by atoms with Gasteiger partial charge in [-0.15, -0.1) is 0 Å². The van der Waals surface area contributed by atoms with E-state index in [1.54, 1.807) is 5.32 Å². The molecule has 2 aromatic rings. The molecule has 0 fully saturated rings. The first-order valence-corrected chi connectivity index (χ1v) is 12.6. The van der Waals surface area contributed by atoms with Crippen molar-refractivity contribution >= 4 is 52.4 Å². The summed E-state index contributed by atoms with van der Waals surface area (Å²) < 4.78 is 123. The molecule has 0 aliphatic rings. The van der Waals surface area contributed by atoms with Gasteiger partial charge in [0.15, 0.2) is 0 Å². The third-order valence-corrected chi connectivity index (χ3v) is 6.73. The second-order valence-electron chi connectivity index (χ2n) is 8.72. The summed E-state index contributed by atoms with van der Waals surface area (Å²) in [7, 11) is 0. The van der Waals surface area contributed by atoms with E-state index in [4.69, 9.17) is 34.8 Å². The van der Waals surface area contributed by atoms with Gasteiger partial charge < -0.3 is 10.6 Å². The Bertz CT molecular complexity index is 1310. The topological polar surface area (TPSA) is 58.2 Å². The molecule has 2 unspecified atom stereocenters. The number of rotatable bonds is 9. The van der Waals surface area contributed by atoms with Crippen molar-refractivity contribution in [1.82, 2.24) is 10.6 Å². The van der Waals surface area contributed by atoms with E-state index in [2.05, 4.69) is 0 Å². The molecule has 41 heavy (non-hydrogen) atoms. The summed E-state index contributed by atoms with van der Waals surface area (Å²) >= 11 is 17.7. The summed E-state index contributed by atoms with van der Waals surface area (Å²) in [6, 6.07) is 3.49. The van der Waals surface area contributed by atoms with Crippen LogP contribution in [0, 0.1) is 0 Å². The van der Waals surface area contributed by atoms with Crippen molar-refractivity contribution in [2.75, 3.05) is 0 Å². The second kappa shape index (κ2) is 13.1. The Kier molecular flexibility index (Phi) is 11.1. The number of hydrogen-bond acceptors (Lipinski definition) is 2. The van der Waals surface area contributed by atoms with Gasteiger partial charge in [-0.2, -0.15) is 26.3 Å². The molecule has 0 bridgehead atoms. The highest BCUT2D eigenvalue weighted by Crippen LogP contribution is 2.43. The Morgan fingerprint density at radius 3 is 1.98 bits per heavy atom. The third-order valence-electron chi connectivity index (χ3n) is 5.54. The van der Waals surface area contributed by atoms with Crippen molar-refractivity contribution in [3.63, 3.8) is 0 Å². The summed E-state index contributed by atoms with van der Waals surface area (Å²) in [6.07, 6.45) is -14.0. The van der Waals surface area contributed by atoms with Crippen LogP contribution >= 0.6 is 34.8 Å². The Hall–Kier alpha value is -2.64. The van der Waals surface area contributed by atoms with E-state index in [1.807, 2.05) is 5.32 Å². The van der Waals surface area contributed by atoms with Gasteiger partial charge in [0.05, 0.1) is 38.3 Å². The molecule has 0 radical (unpaired) electrons. The van der Waals surface area contributed by atoms with E-state index in [-0.39, 0.29) is 26.7 Å². The lowest BCUT2D eigenvalue weighted by atomic mass is 9.89. The number of alkyl halides is 8. The lowest BCUT2D eigenvalue weighted by molar-refractivity contribution is -0.154. The third kappa shape index (κ3) is 9.44. The average molecular weight is 658 g/mol. The van der Waals surface area contributed by atoms with Gasteiger partial charge >= 0.3 is 12.4 Å². The zero-order valence-corrected chi connectivity index (χ0v) is 23.2. The van der Waals surface area contributed by atoms with Crippen LogP contribution in [0.1, 0.15) is 59.7 Å². The standard InChI is InChI=1S/C25H20Cl3F9N2O2/c1-3-23(30,31)15(13-7-17(26)21(28)18(27)8-13)9-19(29)12-4-5-14(16(6-12)25(35,36)37)22(41)39-11(2)38-20(40)10-24(32,33)34/h4-9,11,15H,3,10H2,1-2H3,(H,38,40)(H,39,41)/b19-9-. The fourth-order valence-electron chi connectivity index (χ4n) is 3.59. The zero-order valence-electron chi connectivity index (χ0n) is 20.9. The molecular weight excluding hydrogens is 638 g/mol. The molecule has 0 saturated carbocycles. The van der Waals surface area contributed by atoms with Crippen LogP contribution in [0.4, 0.5) is 39.5 Å². The molecule has 0 heterocycles. The number of carbonyl (C=O) groups is 2. The van der Waals surface area contributed by atoms with Crippen molar-refractivity contribution in [2.45, 2.75) is 57.0 Å². The highest BCUT2D eigenvalue weighted by molar-refractivity contribution is 6.48. The van der Waals surface area contributed by atoms with Crippen molar-refractivity contribution < 1.29 is 49.1 Å². The molecular formula is C25H20Cl3F9N2O2. The first kappa shape index (κ1) is 34.6. The second-order valence-corrected chi connectivity index (χ2v) is 9.91. The predicted molar refractivity (Wildman–Crippen MR) is 136 cm³/mol. The van der Waals surface area contributed by atoms with E-state index in [1.165, 1.54) is 0 Å². The van der Waals surface area contributed by atoms with Gasteiger partial charge in [-0.25, -0.2) is 13.2 Å². The van der Waals surface area contributed by atoms with Gasteiger partial charge in [-0.3, -0.25) is 9.59 Å². The van der Waals surface area contributed by atoms with Crippen LogP contribution in [0.25, 0.3) is 5.83 Å². The highest BCUT2D eigenvalue weighted by Gasteiger charge is 2.40. The lowest BCUT2D eigenvalue weighted by Crippen LogP contribution is -2.47. The normalized spacial score (nSPS) is 14.4. The Morgan fingerprint density at radius 1 is 0.927 bits per heavy atom. The summed E-state index contributed by atoms with van der Waals surface area (Å²) in [5.74, 6) is -10.2. The van der Waals surface area contributed by atoms with E-state index in [9.17, 15) is 44.7 Å². The molecule has 2 N–H and O–H groups in total. The van der Waals surface area contributed by atoms with Crippen LogP contribution in [-0.4, -0.2) is 30.1 Å². The fourth-order valence-corrected chi connectivity index (χ4v) is 4.20. The molecule has 0 aromatic heterocycles. The summed E-state index contributed by atoms with van der Waals surface area (Å²) in [6.45, 7) is 2.10. The number of nitrogens with one attached hydrogen (secondary N) is 2. The van der Waals surface area contributed by atoms with E-state index in [0.29, 0.717) is 18.2 Å². The quantitative estimate of drug-likeness (QED) is 0.161. The summed E-state index contributed by atoms with van der Waals surface area (Å²) in [5, 5.41) is 3.04. The van der Waals surface area contributed by atoms with Gasteiger partial charge in [0.25, 0.3) is 11.8 Å². The molecule has 16 heteroatoms. The largest absolute Gasteiger partial charge is 0.417 e. The van der Waals surface area contributed by atoms with Gasteiger partial charge in [-0.1, -0.05) is 47.8 Å². The minimum absolute atomic E-state index is 0.155. The maximum atomic E-state index is 15.2. The average Bonchev–Trinajstić information content (AvgIpc) is 2.82. The van der Waals surface area contributed by atoms with Crippen LogP contribution in [0.15, 0.2) is 36.4 Å². The number of benzene rings is 2. The van der Waals surface area contributed by atoms with Gasteiger partial charge in [0, 0.05) is 12.0 Å². The minimum Gasteiger partial charge on any atom is -0.336 e. The SMILES string of the molecule is CCC(F)(F)C(/C=C(\F)c1ccc(C(=O)NC(C)NC(=O)CC(F)(F)F)c(C(F)(F)F)c1)c1cc(Cl)c(Cl)c(Cl)c1. The van der Waals surface area contributed by atoms with Gasteiger partial charge in [0.2, 0.25) is 5.91 Å². The summed E-state index contributed by atoms with van der Waals surface area (Å²) in [4.78, 5) is 23.9. The van der Waals surface area contributed by atoms with Crippen LogP contribution in [0.5, 0.6) is 0 Å². The van der Waals surface area contributed by atoms with E-state index < -0.39 is 77.5 Å². The Labute approximate surface area is 242 Å². The minimum atomic E-state index is -5.25. The number of hydrogen-bond donors (Lipinski definition) is 2. The Morgan fingerprint density at radius 2 is 1.49 bits per heavy atom. The molecule has 4 nitrogen and oxygen atoms in total. The van der Waals surface area contributed by atoms with Crippen LogP contribution in [0.3, 0.4) is 0 Å². The predicted octanol–water partition coefficient (Wildman–Crippen LogP) is 8.95.